The number of halogens is 1. The van der Waals surface area contributed by atoms with Gasteiger partial charge >= 0.3 is 0 Å². The summed E-state index contributed by atoms with van der Waals surface area (Å²) >= 11 is 0. The van der Waals surface area contributed by atoms with E-state index in [1.54, 1.807) is 6.07 Å². The van der Waals surface area contributed by atoms with Gasteiger partial charge in [-0.15, -0.1) is 0 Å². The maximum atomic E-state index is 13.1. The smallest absolute Gasteiger partial charge is 0.251 e. The van der Waals surface area contributed by atoms with E-state index in [-0.39, 0.29) is 5.91 Å². The molecule has 3 rings (SSSR count). The minimum absolute atomic E-state index is 0.278. The maximum Gasteiger partial charge on any atom is 0.251 e. The van der Waals surface area contributed by atoms with E-state index < -0.39 is 5.82 Å². The van der Waals surface area contributed by atoms with Crippen LogP contribution in [0.25, 0.3) is 0 Å². The summed E-state index contributed by atoms with van der Waals surface area (Å²) in [5.74, 6) is 0.814. The highest BCUT2D eigenvalue weighted by molar-refractivity contribution is 5.94. The molecule has 0 saturated carbocycles. The quantitative estimate of drug-likeness (QED) is 0.944. The van der Waals surface area contributed by atoms with Crippen molar-refractivity contribution in [2.45, 2.75) is 13.3 Å². The largest absolute Gasteiger partial charge is 0.486 e. The van der Waals surface area contributed by atoms with E-state index in [0.29, 0.717) is 31.7 Å². The summed E-state index contributed by atoms with van der Waals surface area (Å²) in [7, 11) is 0. The van der Waals surface area contributed by atoms with Crippen molar-refractivity contribution < 1.29 is 18.7 Å². The normalized spacial score (nSPS) is 12.8. The molecular formula is C18H18FNO3. The van der Waals surface area contributed by atoms with E-state index in [0.717, 1.165) is 22.6 Å². The fourth-order valence-corrected chi connectivity index (χ4v) is 2.54. The zero-order chi connectivity index (χ0) is 16.2. The predicted molar refractivity (Wildman–Crippen MR) is 84.6 cm³/mol. The van der Waals surface area contributed by atoms with Gasteiger partial charge in [0.1, 0.15) is 19.0 Å². The number of ether oxygens (including phenoxy) is 2. The summed E-state index contributed by atoms with van der Waals surface area (Å²) in [4.78, 5) is 12.0. The van der Waals surface area contributed by atoms with Crippen molar-refractivity contribution in [3.63, 3.8) is 0 Å². The van der Waals surface area contributed by atoms with Gasteiger partial charge in [-0.3, -0.25) is 4.79 Å². The first kappa shape index (κ1) is 15.3. The third-order valence-corrected chi connectivity index (χ3v) is 3.77. The molecule has 0 unspecified atom stereocenters. The van der Waals surface area contributed by atoms with Crippen molar-refractivity contribution in [1.29, 1.82) is 0 Å². The number of carbonyl (C=O) groups is 1. The van der Waals surface area contributed by atoms with Gasteiger partial charge in [0.25, 0.3) is 5.91 Å². The maximum absolute atomic E-state index is 13.1. The lowest BCUT2D eigenvalue weighted by Gasteiger charge is -2.20. The Balaban J connectivity index is 1.61. The lowest BCUT2D eigenvalue weighted by Crippen LogP contribution is -2.26. The number of nitrogens with one attached hydrogen (secondary N) is 1. The molecule has 2 aromatic carbocycles. The van der Waals surface area contributed by atoms with Gasteiger partial charge in [-0.25, -0.2) is 4.39 Å². The summed E-state index contributed by atoms with van der Waals surface area (Å²) in [6.07, 6.45) is 0.670. The zero-order valence-electron chi connectivity index (χ0n) is 12.9. The van der Waals surface area contributed by atoms with Crippen LogP contribution in [0.5, 0.6) is 11.5 Å². The van der Waals surface area contributed by atoms with E-state index in [4.69, 9.17) is 9.47 Å². The Kier molecular flexibility index (Phi) is 4.46. The monoisotopic (exact) mass is 315 g/mol. The topological polar surface area (TPSA) is 47.6 Å². The Bertz CT molecular complexity index is 730. The van der Waals surface area contributed by atoms with Crippen molar-refractivity contribution in [2.75, 3.05) is 19.8 Å². The molecule has 120 valence electrons. The number of carbonyl (C=O) groups excluding carboxylic acids is 1. The van der Waals surface area contributed by atoms with Crippen LogP contribution in [-0.2, 0) is 6.42 Å². The Morgan fingerprint density at radius 1 is 1.17 bits per heavy atom. The number of amides is 1. The SMILES string of the molecule is Cc1cc2c(cc1CCNC(=O)c1cccc(F)c1)OCCO2. The van der Waals surface area contributed by atoms with E-state index in [1.165, 1.54) is 18.2 Å². The molecule has 1 amide bonds. The molecule has 0 aliphatic carbocycles. The molecule has 0 atom stereocenters. The van der Waals surface area contributed by atoms with Gasteiger partial charge in [-0.2, -0.15) is 0 Å². The second-order valence-corrected chi connectivity index (χ2v) is 5.44. The molecule has 2 aromatic rings. The summed E-state index contributed by atoms with van der Waals surface area (Å²) in [5, 5.41) is 2.80. The highest BCUT2D eigenvalue weighted by atomic mass is 19.1. The molecule has 0 spiro atoms. The minimum atomic E-state index is -0.416. The van der Waals surface area contributed by atoms with E-state index >= 15 is 0 Å². The molecular weight excluding hydrogens is 297 g/mol. The van der Waals surface area contributed by atoms with Crippen LogP contribution in [0.1, 0.15) is 21.5 Å². The number of aryl methyl sites for hydroxylation is 1. The average Bonchev–Trinajstić information content (AvgIpc) is 2.55. The van der Waals surface area contributed by atoms with Gasteiger partial charge < -0.3 is 14.8 Å². The standard InChI is InChI=1S/C18H18FNO3/c1-12-9-16-17(23-8-7-22-16)11-13(12)5-6-20-18(21)14-3-2-4-15(19)10-14/h2-4,9-11H,5-8H2,1H3,(H,20,21). The van der Waals surface area contributed by atoms with E-state index in [9.17, 15) is 9.18 Å². The Hall–Kier alpha value is -2.56. The number of rotatable bonds is 4. The van der Waals surface area contributed by atoms with Crippen LogP contribution in [-0.4, -0.2) is 25.7 Å². The van der Waals surface area contributed by atoms with Crippen LogP contribution in [0.4, 0.5) is 4.39 Å². The highest BCUT2D eigenvalue weighted by Crippen LogP contribution is 2.33. The summed E-state index contributed by atoms with van der Waals surface area (Å²) in [6.45, 7) is 3.58. The molecule has 0 bridgehead atoms. The van der Waals surface area contributed by atoms with Crippen LogP contribution in [0.3, 0.4) is 0 Å². The number of hydrogen-bond acceptors (Lipinski definition) is 3. The van der Waals surface area contributed by atoms with Crippen LogP contribution < -0.4 is 14.8 Å². The molecule has 0 saturated heterocycles. The van der Waals surface area contributed by atoms with Crippen LogP contribution in [0, 0.1) is 12.7 Å². The summed E-state index contributed by atoms with van der Waals surface area (Å²) in [6, 6.07) is 9.57. The first-order valence-electron chi connectivity index (χ1n) is 7.56. The predicted octanol–water partition coefficient (Wildman–Crippen LogP) is 2.88. The van der Waals surface area contributed by atoms with Crippen LogP contribution in [0.15, 0.2) is 36.4 Å². The number of hydrogen-bond donors (Lipinski definition) is 1. The molecule has 1 aliphatic heterocycles. The second-order valence-electron chi connectivity index (χ2n) is 5.44. The summed E-state index contributed by atoms with van der Waals surface area (Å²) < 4.78 is 24.2. The van der Waals surface area contributed by atoms with Crippen LogP contribution >= 0.6 is 0 Å². The second kappa shape index (κ2) is 6.69. The van der Waals surface area contributed by atoms with Crippen molar-refractivity contribution >= 4 is 5.91 Å². The van der Waals surface area contributed by atoms with Gasteiger partial charge in [0, 0.05) is 12.1 Å². The van der Waals surface area contributed by atoms with Crippen molar-refractivity contribution in [3.05, 3.63) is 58.9 Å². The Morgan fingerprint density at radius 2 is 1.91 bits per heavy atom. The average molecular weight is 315 g/mol. The first-order valence-corrected chi connectivity index (χ1v) is 7.56. The van der Waals surface area contributed by atoms with Gasteiger partial charge in [-0.05, 0) is 54.8 Å². The Labute approximate surface area is 134 Å². The number of benzene rings is 2. The molecule has 4 nitrogen and oxygen atoms in total. The molecule has 5 heteroatoms. The van der Waals surface area contributed by atoms with E-state index in [2.05, 4.69) is 5.32 Å². The van der Waals surface area contributed by atoms with Gasteiger partial charge in [0.15, 0.2) is 11.5 Å². The molecule has 1 N–H and O–H groups in total. The lowest BCUT2D eigenvalue weighted by atomic mass is 10.0. The molecule has 1 heterocycles. The summed E-state index contributed by atoms with van der Waals surface area (Å²) in [5.41, 5.74) is 2.51. The third kappa shape index (κ3) is 3.62. The minimum Gasteiger partial charge on any atom is -0.486 e. The lowest BCUT2D eigenvalue weighted by molar-refractivity contribution is 0.0953. The molecule has 1 aliphatic rings. The van der Waals surface area contributed by atoms with Crippen molar-refractivity contribution in [1.82, 2.24) is 5.32 Å². The van der Waals surface area contributed by atoms with Gasteiger partial charge in [-0.1, -0.05) is 6.07 Å². The molecule has 0 radical (unpaired) electrons. The van der Waals surface area contributed by atoms with Crippen molar-refractivity contribution in [3.8, 4) is 11.5 Å². The highest BCUT2D eigenvalue weighted by Gasteiger charge is 2.14. The fourth-order valence-electron chi connectivity index (χ4n) is 2.54. The van der Waals surface area contributed by atoms with E-state index in [1.807, 2.05) is 19.1 Å². The first-order chi connectivity index (χ1) is 11.1. The van der Waals surface area contributed by atoms with Crippen LogP contribution in [0.2, 0.25) is 0 Å². The van der Waals surface area contributed by atoms with Gasteiger partial charge in [0.2, 0.25) is 0 Å². The molecule has 0 aromatic heterocycles. The van der Waals surface area contributed by atoms with Crippen molar-refractivity contribution in [2.24, 2.45) is 0 Å². The Morgan fingerprint density at radius 3 is 2.65 bits per heavy atom. The molecule has 23 heavy (non-hydrogen) atoms. The third-order valence-electron chi connectivity index (χ3n) is 3.77. The zero-order valence-corrected chi connectivity index (χ0v) is 12.9. The molecule has 0 fully saturated rings. The number of fused-ring (bicyclic) bond motifs is 1. The van der Waals surface area contributed by atoms with Gasteiger partial charge in [0.05, 0.1) is 0 Å². The fraction of sp³-hybridized carbons (Fsp3) is 0.278.